The number of rotatable bonds is 7. The summed E-state index contributed by atoms with van der Waals surface area (Å²) in [6, 6.07) is 5.72. The lowest BCUT2D eigenvalue weighted by molar-refractivity contribution is -0.124. The van der Waals surface area contributed by atoms with Gasteiger partial charge in [-0.15, -0.1) is 0 Å². The summed E-state index contributed by atoms with van der Waals surface area (Å²) in [7, 11) is 0. The van der Waals surface area contributed by atoms with Gasteiger partial charge in [0.25, 0.3) is 5.91 Å². The van der Waals surface area contributed by atoms with Crippen LogP contribution >= 0.6 is 11.3 Å². The van der Waals surface area contributed by atoms with Crippen LogP contribution < -0.4 is 5.32 Å². The highest BCUT2D eigenvalue weighted by Crippen LogP contribution is 2.22. The van der Waals surface area contributed by atoms with Crippen LogP contribution in [-0.2, 0) is 11.3 Å². The minimum Gasteiger partial charge on any atom is -0.366 e. The molecule has 5 nitrogen and oxygen atoms in total. The van der Waals surface area contributed by atoms with Gasteiger partial charge in [0.05, 0.1) is 5.56 Å². The fourth-order valence-electron chi connectivity index (χ4n) is 3.39. The molecule has 1 saturated heterocycles. The number of pyridine rings is 1. The molecule has 144 valence electrons. The third kappa shape index (κ3) is 5.39. The van der Waals surface area contributed by atoms with Crippen LogP contribution in [-0.4, -0.2) is 34.7 Å². The summed E-state index contributed by atoms with van der Waals surface area (Å²) in [4.78, 5) is 31.3. The normalized spacial score (nSPS) is 17.1. The minimum atomic E-state index is -0.0334. The summed E-state index contributed by atoms with van der Waals surface area (Å²) >= 11 is 1.67. The Morgan fingerprint density at radius 1 is 1.33 bits per heavy atom. The monoisotopic (exact) mass is 385 g/mol. The number of anilines is 1. The van der Waals surface area contributed by atoms with Gasteiger partial charge in [-0.05, 0) is 53.3 Å². The number of hydrogen-bond acceptors (Lipinski definition) is 5. The van der Waals surface area contributed by atoms with Crippen LogP contribution in [0.5, 0.6) is 0 Å². The molecule has 27 heavy (non-hydrogen) atoms. The predicted molar refractivity (Wildman–Crippen MR) is 109 cm³/mol. The maximum Gasteiger partial charge on any atom is 0.255 e. The molecule has 1 aliphatic heterocycles. The lowest BCUT2D eigenvalue weighted by Gasteiger charge is -2.32. The largest absolute Gasteiger partial charge is 0.366 e. The van der Waals surface area contributed by atoms with Crippen molar-refractivity contribution in [2.75, 3.05) is 18.4 Å². The van der Waals surface area contributed by atoms with Gasteiger partial charge < -0.3 is 10.2 Å². The van der Waals surface area contributed by atoms with Crippen molar-refractivity contribution in [1.29, 1.82) is 0 Å². The molecule has 0 aliphatic carbocycles. The molecule has 1 amide bonds. The SMILES string of the molecule is CC(C)CC(=O)[C@H]1CCCN(C(=O)c2ccc(NCc3ccsc3)nc2)C1. The fourth-order valence-corrected chi connectivity index (χ4v) is 4.06. The molecular formula is C21H27N3O2S. The van der Waals surface area contributed by atoms with Gasteiger partial charge in [0.1, 0.15) is 11.6 Å². The molecule has 1 N–H and O–H groups in total. The third-order valence-corrected chi connectivity index (χ3v) is 5.57. The second-order valence-electron chi connectivity index (χ2n) is 7.57. The molecule has 1 atom stereocenters. The lowest BCUT2D eigenvalue weighted by Crippen LogP contribution is -2.42. The van der Waals surface area contributed by atoms with Crippen molar-refractivity contribution in [1.82, 2.24) is 9.88 Å². The van der Waals surface area contributed by atoms with Gasteiger partial charge in [-0.2, -0.15) is 11.3 Å². The van der Waals surface area contributed by atoms with Crippen molar-refractivity contribution < 1.29 is 9.59 Å². The molecule has 6 heteroatoms. The highest BCUT2D eigenvalue weighted by atomic mass is 32.1. The van der Waals surface area contributed by atoms with Gasteiger partial charge in [-0.25, -0.2) is 4.98 Å². The number of nitrogens with zero attached hydrogens (tertiary/aromatic N) is 2. The van der Waals surface area contributed by atoms with Gasteiger partial charge in [-0.1, -0.05) is 13.8 Å². The zero-order valence-electron chi connectivity index (χ0n) is 16.0. The molecule has 2 aromatic heterocycles. The molecule has 2 aromatic rings. The maximum absolute atomic E-state index is 12.8. The standard InChI is InChI=1S/C21H27N3O2S/c1-15(2)10-19(25)18-4-3-8-24(13-18)21(26)17-5-6-20(23-12-17)22-11-16-7-9-27-14-16/h5-7,9,12,14-15,18H,3-4,8,10-11,13H2,1-2H3,(H,22,23)/t18-/m0/s1. The smallest absolute Gasteiger partial charge is 0.255 e. The van der Waals surface area contributed by atoms with Gasteiger partial charge >= 0.3 is 0 Å². The number of nitrogens with one attached hydrogen (secondary N) is 1. The van der Waals surface area contributed by atoms with Crippen molar-refractivity contribution in [3.05, 3.63) is 46.3 Å². The maximum atomic E-state index is 12.8. The Kier molecular flexibility index (Phi) is 6.61. The first-order chi connectivity index (χ1) is 13.0. The van der Waals surface area contributed by atoms with Crippen molar-refractivity contribution >= 4 is 28.8 Å². The van der Waals surface area contributed by atoms with Crippen molar-refractivity contribution in [3.8, 4) is 0 Å². The topological polar surface area (TPSA) is 62.3 Å². The zero-order chi connectivity index (χ0) is 19.2. The first kappa shape index (κ1) is 19.5. The molecule has 0 radical (unpaired) electrons. The van der Waals surface area contributed by atoms with Gasteiger partial charge in [0, 0.05) is 38.2 Å². The number of aromatic nitrogens is 1. The molecule has 0 bridgehead atoms. The van der Waals surface area contributed by atoms with E-state index in [0.29, 0.717) is 31.0 Å². The number of ketones is 1. The van der Waals surface area contributed by atoms with E-state index >= 15 is 0 Å². The summed E-state index contributed by atoms with van der Waals surface area (Å²) in [6.07, 6.45) is 3.99. The lowest BCUT2D eigenvalue weighted by atomic mass is 9.89. The number of likely N-dealkylation sites (tertiary alicyclic amines) is 1. The number of thiophene rings is 1. The molecule has 0 saturated carbocycles. The molecule has 3 rings (SSSR count). The van der Waals surface area contributed by atoms with E-state index in [1.165, 1.54) is 5.56 Å². The van der Waals surface area contributed by atoms with Gasteiger partial charge in [0.15, 0.2) is 0 Å². The van der Waals surface area contributed by atoms with E-state index < -0.39 is 0 Å². The number of piperidine rings is 1. The first-order valence-electron chi connectivity index (χ1n) is 9.56. The molecule has 1 fully saturated rings. The Morgan fingerprint density at radius 2 is 2.19 bits per heavy atom. The summed E-state index contributed by atoms with van der Waals surface area (Å²) in [5.41, 5.74) is 1.79. The summed E-state index contributed by atoms with van der Waals surface area (Å²) in [5, 5.41) is 7.40. The van der Waals surface area contributed by atoms with E-state index in [4.69, 9.17) is 0 Å². The van der Waals surface area contributed by atoms with Gasteiger partial charge in [-0.3, -0.25) is 9.59 Å². The second-order valence-corrected chi connectivity index (χ2v) is 8.35. The Balaban J connectivity index is 1.57. The van der Waals surface area contributed by atoms with Crippen LogP contribution in [0, 0.1) is 11.8 Å². The van der Waals surface area contributed by atoms with E-state index in [0.717, 1.165) is 25.2 Å². The van der Waals surface area contributed by atoms with E-state index in [-0.39, 0.29) is 17.6 Å². The minimum absolute atomic E-state index is 0.0235. The predicted octanol–water partition coefficient (Wildman–Crippen LogP) is 4.22. The third-order valence-electron chi connectivity index (χ3n) is 4.84. The summed E-state index contributed by atoms with van der Waals surface area (Å²) < 4.78 is 0. The number of Topliss-reactive ketones (excluding diaryl/α,β-unsaturated/α-hetero) is 1. The highest BCUT2D eigenvalue weighted by molar-refractivity contribution is 7.07. The van der Waals surface area contributed by atoms with E-state index in [2.05, 4.69) is 35.6 Å². The number of carbonyl (C=O) groups excluding carboxylic acids is 2. The van der Waals surface area contributed by atoms with Gasteiger partial charge in [0.2, 0.25) is 0 Å². The quantitative estimate of drug-likeness (QED) is 0.775. The number of amides is 1. The average molecular weight is 386 g/mol. The molecule has 0 unspecified atom stereocenters. The Bertz CT molecular complexity index is 756. The van der Waals surface area contributed by atoms with Crippen molar-refractivity contribution in [2.45, 2.75) is 39.7 Å². The Morgan fingerprint density at radius 3 is 2.85 bits per heavy atom. The van der Waals surface area contributed by atoms with Crippen LogP contribution in [0.2, 0.25) is 0 Å². The number of carbonyl (C=O) groups is 2. The first-order valence-corrected chi connectivity index (χ1v) is 10.5. The van der Waals surface area contributed by atoms with Crippen LogP contribution in [0.3, 0.4) is 0 Å². The Labute approximate surface area is 164 Å². The molecule has 1 aliphatic rings. The van der Waals surface area contributed by atoms with Crippen molar-refractivity contribution in [3.63, 3.8) is 0 Å². The molecule has 0 spiro atoms. The van der Waals surface area contributed by atoms with Crippen LogP contribution in [0.1, 0.15) is 49.0 Å². The van der Waals surface area contributed by atoms with Crippen LogP contribution in [0.15, 0.2) is 35.2 Å². The Hall–Kier alpha value is -2.21. The van der Waals surface area contributed by atoms with E-state index in [9.17, 15) is 9.59 Å². The highest BCUT2D eigenvalue weighted by Gasteiger charge is 2.29. The van der Waals surface area contributed by atoms with Crippen LogP contribution in [0.4, 0.5) is 5.82 Å². The number of hydrogen-bond donors (Lipinski definition) is 1. The molecule has 0 aromatic carbocycles. The second kappa shape index (κ2) is 9.13. The van der Waals surface area contributed by atoms with Crippen LogP contribution in [0.25, 0.3) is 0 Å². The summed E-state index contributed by atoms with van der Waals surface area (Å²) in [6.45, 7) is 6.08. The molecule has 3 heterocycles. The zero-order valence-corrected chi connectivity index (χ0v) is 16.8. The average Bonchev–Trinajstić information content (AvgIpc) is 3.19. The summed E-state index contributed by atoms with van der Waals surface area (Å²) in [5.74, 6) is 1.34. The molecular weight excluding hydrogens is 358 g/mol. The fraction of sp³-hybridized carbons (Fsp3) is 0.476. The van der Waals surface area contributed by atoms with E-state index in [1.807, 2.05) is 22.4 Å². The van der Waals surface area contributed by atoms with E-state index in [1.54, 1.807) is 17.5 Å². The van der Waals surface area contributed by atoms with Crippen molar-refractivity contribution in [2.24, 2.45) is 11.8 Å².